The van der Waals surface area contributed by atoms with Gasteiger partial charge < -0.3 is 14.9 Å². The van der Waals surface area contributed by atoms with Crippen molar-refractivity contribution in [3.05, 3.63) is 22.6 Å². The molecular weight excluding hydrogens is 284 g/mol. The van der Waals surface area contributed by atoms with E-state index in [0.717, 1.165) is 23.3 Å². The summed E-state index contributed by atoms with van der Waals surface area (Å²) in [5.41, 5.74) is 5.91. The van der Waals surface area contributed by atoms with Gasteiger partial charge in [0.1, 0.15) is 5.76 Å². The molecule has 2 N–H and O–H groups in total. The highest BCUT2D eigenvalue weighted by atomic mass is 79.9. The number of nitrogens with zero attached hydrogens (tertiary/aromatic N) is 1. The molecule has 2 fully saturated rings. The molecule has 2 aliphatic rings. The van der Waals surface area contributed by atoms with Crippen molar-refractivity contribution >= 4 is 15.9 Å². The Morgan fingerprint density at radius 3 is 2.65 bits per heavy atom. The van der Waals surface area contributed by atoms with E-state index in [2.05, 4.69) is 20.8 Å². The smallest absolute Gasteiger partial charge is 0.136 e. The molecule has 3 rings (SSSR count). The molecule has 0 amide bonds. The molecule has 3 unspecified atom stereocenters. The summed E-state index contributed by atoms with van der Waals surface area (Å²) in [6.45, 7) is 2.50. The van der Waals surface area contributed by atoms with Gasteiger partial charge in [-0.15, -0.1) is 0 Å². The average Bonchev–Trinajstić information content (AvgIpc) is 2.88. The lowest BCUT2D eigenvalue weighted by Crippen LogP contribution is -2.46. The Labute approximate surface area is 109 Å². The quantitative estimate of drug-likeness (QED) is 0.926. The largest absolute Gasteiger partial charge is 0.466 e. The molecule has 94 valence electrons. The van der Waals surface area contributed by atoms with Crippen LogP contribution >= 0.6 is 15.9 Å². The van der Waals surface area contributed by atoms with Crippen molar-refractivity contribution in [3.63, 3.8) is 0 Å². The third-order valence-corrected chi connectivity index (χ3v) is 4.34. The monoisotopic (exact) mass is 300 g/mol. The summed E-state index contributed by atoms with van der Waals surface area (Å²) in [7, 11) is 0. The molecule has 3 heterocycles. The van der Waals surface area contributed by atoms with E-state index in [4.69, 9.17) is 14.9 Å². The number of nitrogens with two attached hydrogens (primary N) is 1. The fourth-order valence-corrected chi connectivity index (χ4v) is 3.33. The van der Waals surface area contributed by atoms with Crippen molar-refractivity contribution in [2.24, 2.45) is 5.73 Å². The van der Waals surface area contributed by atoms with Crippen LogP contribution in [0.1, 0.15) is 24.6 Å². The number of morpholine rings is 1. The lowest BCUT2D eigenvalue weighted by atomic mass is 10.1. The number of furan rings is 1. The Hall–Kier alpha value is -0.360. The van der Waals surface area contributed by atoms with E-state index >= 15 is 0 Å². The predicted molar refractivity (Wildman–Crippen MR) is 67.7 cm³/mol. The van der Waals surface area contributed by atoms with Gasteiger partial charge in [-0.2, -0.15) is 0 Å². The summed E-state index contributed by atoms with van der Waals surface area (Å²) in [6, 6.07) is 2.08. The highest BCUT2D eigenvalue weighted by Crippen LogP contribution is 2.34. The van der Waals surface area contributed by atoms with Crippen molar-refractivity contribution in [1.29, 1.82) is 0 Å². The Bertz CT molecular complexity index is 384. The third kappa shape index (κ3) is 2.17. The summed E-state index contributed by atoms with van der Waals surface area (Å²) in [5.74, 6) is 0.939. The van der Waals surface area contributed by atoms with Crippen molar-refractivity contribution in [3.8, 4) is 0 Å². The molecular formula is C12H17BrN2O2. The molecule has 1 aromatic rings. The minimum absolute atomic E-state index is 0.159. The number of ether oxygens (including phenoxy) is 1. The molecule has 0 spiro atoms. The summed E-state index contributed by atoms with van der Waals surface area (Å²) in [6.07, 6.45) is 4.83. The number of hydrogen-bond acceptors (Lipinski definition) is 4. The molecule has 2 saturated heterocycles. The van der Waals surface area contributed by atoms with E-state index in [1.807, 2.05) is 6.07 Å². The van der Waals surface area contributed by atoms with E-state index in [1.54, 1.807) is 6.26 Å². The fourth-order valence-electron chi connectivity index (χ4n) is 2.87. The van der Waals surface area contributed by atoms with Gasteiger partial charge in [-0.05, 0) is 34.8 Å². The Morgan fingerprint density at radius 1 is 1.41 bits per heavy atom. The van der Waals surface area contributed by atoms with Gasteiger partial charge in [0.15, 0.2) is 0 Å². The van der Waals surface area contributed by atoms with Crippen molar-refractivity contribution in [2.45, 2.75) is 31.1 Å². The number of fused-ring (bicyclic) bond motifs is 2. The van der Waals surface area contributed by atoms with E-state index in [1.165, 1.54) is 12.8 Å². The first-order valence-electron chi connectivity index (χ1n) is 6.10. The predicted octanol–water partition coefficient (Wildman–Crippen LogP) is 1.91. The van der Waals surface area contributed by atoms with E-state index in [9.17, 15) is 0 Å². The van der Waals surface area contributed by atoms with Gasteiger partial charge in [0.25, 0.3) is 0 Å². The van der Waals surface area contributed by atoms with Crippen LogP contribution in [0.15, 0.2) is 21.2 Å². The molecule has 0 saturated carbocycles. The third-order valence-electron chi connectivity index (χ3n) is 3.68. The molecule has 0 radical (unpaired) electrons. The zero-order valence-electron chi connectivity index (χ0n) is 9.64. The van der Waals surface area contributed by atoms with Crippen molar-refractivity contribution in [2.75, 3.05) is 19.6 Å². The van der Waals surface area contributed by atoms with Crippen LogP contribution in [0.4, 0.5) is 0 Å². The van der Waals surface area contributed by atoms with Gasteiger partial charge in [0, 0.05) is 19.6 Å². The highest BCUT2D eigenvalue weighted by molar-refractivity contribution is 9.10. The molecule has 1 aromatic heterocycles. The van der Waals surface area contributed by atoms with E-state index < -0.39 is 0 Å². The lowest BCUT2D eigenvalue weighted by molar-refractivity contribution is -0.0547. The SMILES string of the molecule is NCC(c1occc1Br)N1CC2CCC(C1)O2. The van der Waals surface area contributed by atoms with Gasteiger partial charge in [0.2, 0.25) is 0 Å². The molecule has 3 atom stereocenters. The summed E-state index contributed by atoms with van der Waals surface area (Å²) in [5, 5.41) is 0. The fraction of sp³-hybridized carbons (Fsp3) is 0.667. The Balaban J connectivity index is 1.79. The van der Waals surface area contributed by atoms with E-state index in [0.29, 0.717) is 18.8 Å². The summed E-state index contributed by atoms with van der Waals surface area (Å²) in [4.78, 5) is 2.40. The van der Waals surface area contributed by atoms with Crippen LogP contribution in [-0.4, -0.2) is 36.7 Å². The standard InChI is InChI=1S/C12H17BrN2O2/c13-10-3-4-16-12(10)11(5-14)15-6-8-1-2-9(7-15)17-8/h3-4,8-9,11H,1-2,5-7,14H2. The number of likely N-dealkylation sites (tertiary alicyclic amines) is 1. The van der Waals surface area contributed by atoms with Crippen LogP contribution in [0.3, 0.4) is 0 Å². The second-order valence-corrected chi connectivity index (χ2v) is 5.65. The van der Waals surface area contributed by atoms with Crippen LogP contribution in [0.2, 0.25) is 0 Å². The molecule has 4 nitrogen and oxygen atoms in total. The van der Waals surface area contributed by atoms with Gasteiger partial charge in [0.05, 0.1) is 29.0 Å². The first-order chi connectivity index (χ1) is 8.28. The first-order valence-corrected chi connectivity index (χ1v) is 6.89. The zero-order valence-corrected chi connectivity index (χ0v) is 11.2. The lowest BCUT2D eigenvalue weighted by Gasteiger charge is -2.36. The Morgan fingerprint density at radius 2 is 2.12 bits per heavy atom. The van der Waals surface area contributed by atoms with Crippen LogP contribution in [-0.2, 0) is 4.74 Å². The van der Waals surface area contributed by atoms with Crippen molar-refractivity contribution in [1.82, 2.24) is 4.90 Å². The highest BCUT2D eigenvalue weighted by Gasteiger charge is 2.37. The molecule has 2 aliphatic heterocycles. The number of halogens is 1. The molecule has 0 aliphatic carbocycles. The van der Waals surface area contributed by atoms with Gasteiger partial charge in [-0.25, -0.2) is 0 Å². The maximum atomic E-state index is 5.91. The minimum Gasteiger partial charge on any atom is -0.466 e. The molecule has 5 heteroatoms. The second-order valence-electron chi connectivity index (χ2n) is 4.80. The van der Waals surface area contributed by atoms with Gasteiger partial charge in [-0.3, -0.25) is 4.90 Å². The normalized spacial score (nSPS) is 30.7. The van der Waals surface area contributed by atoms with Crippen LogP contribution in [0, 0.1) is 0 Å². The topological polar surface area (TPSA) is 51.6 Å². The zero-order chi connectivity index (χ0) is 11.8. The van der Waals surface area contributed by atoms with Gasteiger partial charge >= 0.3 is 0 Å². The van der Waals surface area contributed by atoms with E-state index in [-0.39, 0.29) is 6.04 Å². The van der Waals surface area contributed by atoms with Crippen LogP contribution in [0.5, 0.6) is 0 Å². The average molecular weight is 301 g/mol. The maximum absolute atomic E-state index is 5.91. The maximum Gasteiger partial charge on any atom is 0.136 e. The minimum atomic E-state index is 0.159. The van der Waals surface area contributed by atoms with Crippen molar-refractivity contribution < 1.29 is 9.15 Å². The summed E-state index contributed by atoms with van der Waals surface area (Å²) < 4.78 is 12.4. The molecule has 17 heavy (non-hydrogen) atoms. The number of rotatable bonds is 3. The van der Waals surface area contributed by atoms with Crippen LogP contribution < -0.4 is 5.73 Å². The second kappa shape index (κ2) is 4.72. The number of hydrogen-bond donors (Lipinski definition) is 1. The Kier molecular flexibility index (Phi) is 3.25. The summed E-state index contributed by atoms with van der Waals surface area (Å²) >= 11 is 3.51. The van der Waals surface area contributed by atoms with Crippen LogP contribution in [0.25, 0.3) is 0 Å². The molecule has 2 bridgehead atoms. The first kappa shape index (κ1) is 11.7. The molecule has 0 aromatic carbocycles. The van der Waals surface area contributed by atoms with Gasteiger partial charge in [-0.1, -0.05) is 0 Å².